The highest BCUT2D eigenvalue weighted by molar-refractivity contribution is 5.30. The first-order valence-electron chi connectivity index (χ1n) is 5.92. The molecular weight excluding hydrogens is 241 g/mol. The fourth-order valence-corrected chi connectivity index (χ4v) is 1.98. The molecule has 1 aromatic heterocycles. The first-order valence-corrected chi connectivity index (χ1v) is 5.92. The SMILES string of the molecule is CCNC(c1cnccc1C(F)(F)F)C(C)(C)C. The Kier molecular flexibility index (Phi) is 4.37. The number of hydrogen-bond donors (Lipinski definition) is 1. The molecule has 0 aliphatic heterocycles. The summed E-state index contributed by atoms with van der Waals surface area (Å²) in [5.41, 5.74) is -0.725. The number of pyridine rings is 1. The van der Waals surface area contributed by atoms with Crippen LogP contribution in [0.1, 0.15) is 44.9 Å². The number of halogens is 3. The highest BCUT2D eigenvalue weighted by atomic mass is 19.4. The summed E-state index contributed by atoms with van der Waals surface area (Å²) in [6, 6.07) is 0.652. The minimum absolute atomic E-state index is 0.208. The van der Waals surface area contributed by atoms with Crippen LogP contribution in [-0.4, -0.2) is 11.5 Å². The molecule has 102 valence electrons. The zero-order valence-corrected chi connectivity index (χ0v) is 11.1. The van der Waals surface area contributed by atoms with Gasteiger partial charge < -0.3 is 5.32 Å². The lowest BCUT2D eigenvalue weighted by Crippen LogP contribution is -2.34. The van der Waals surface area contributed by atoms with Gasteiger partial charge in [-0.3, -0.25) is 4.98 Å². The van der Waals surface area contributed by atoms with Crippen LogP contribution in [0.5, 0.6) is 0 Å². The van der Waals surface area contributed by atoms with E-state index in [2.05, 4.69) is 10.3 Å². The van der Waals surface area contributed by atoms with E-state index in [1.54, 1.807) is 0 Å². The van der Waals surface area contributed by atoms with Gasteiger partial charge in [0, 0.05) is 24.0 Å². The van der Waals surface area contributed by atoms with Crippen LogP contribution in [0.4, 0.5) is 13.2 Å². The predicted octanol–water partition coefficient (Wildman–Crippen LogP) is 3.80. The fourth-order valence-electron chi connectivity index (χ4n) is 1.98. The molecule has 1 rings (SSSR count). The van der Waals surface area contributed by atoms with Gasteiger partial charge in [-0.1, -0.05) is 27.7 Å². The molecule has 1 atom stereocenters. The highest BCUT2D eigenvalue weighted by Crippen LogP contribution is 2.39. The largest absolute Gasteiger partial charge is 0.416 e. The molecule has 0 aromatic carbocycles. The van der Waals surface area contributed by atoms with Crippen molar-refractivity contribution in [3.8, 4) is 0 Å². The number of alkyl halides is 3. The van der Waals surface area contributed by atoms with Gasteiger partial charge in [-0.05, 0) is 18.0 Å². The van der Waals surface area contributed by atoms with Gasteiger partial charge in [0.2, 0.25) is 0 Å². The molecule has 0 aliphatic carbocycles. The van der Waals surface area contributed by atoms with Crippen LogP contribution in [0.3, 0.4) is 0 Å². The second-order valence-corrected chi connectivity index (χ2v) is 5.32. The van der Waals surface area contributed by atoms with E-state index in [1.807, 2.05) is 27.7 Å². The third-order valence-electron chi connectivity index (χ3n) is 2.74. The van der Waals surface area contributed by atoms with E-state index in [0.29, 0.717) is 6.54 Å². The fraction of sp³-hybridized carbons (Fsp3) is 0.615. The molecule has 1 heterocycles. The molecule has 0 saturated carbocycles. The topological polar surface area (TPSA) is 24.9 Å². The van der Waals surface area contributed by atoms with Gasteiger partial charge in [-0.2, -0.15) is 13.2 Å². The quantitative estimate of drug-likeness (QED) is 0.894. The third kappa shape index (κ3) is 3.45. The Morgan fingerprint density at radius 1 is 1.28 bits per heavy atom. The van der Waals surface area contributed by atoms with Crippen molar-refractivity contribution in [3.05, 3.63) is 29.6 Å². The number of nitrogens with one attached hydrogen (secondary N) is 1. The van der Waals surface area contributed by atoms with Crippen molar-refractivity contribution < 1.29 is 13.2 Å². The first-order chi connectivity index (χ1) is 8.18. The van der Waals surface area contributed by atoms with E-state index in [9.17, 15) is 13.2 Å². The first kappa shape index (κ1) is 15.0. The molecule has 0 fully saturated rings. The summed E-state index contributed by atoms with van der Waals surface area (Å²) in [6.45, 7) is 8.21. The standard InChI is InChI=1S/C13H19F3N2/c1-5-18-11(12(2,3)4)9-8-17-7-6-10(9)13(14,15)16/h6-8,11,18H,5H2,1-4H3. The second-order valence-electron chi connectivity index (χ2n) is 5.32. The number of rotatable bonds is 3. The zero-order chi connectivity index (χ0) is 14.0. The lowest BCUT2D eigenvalue weighted by molar-refractivity contribution is -0.138. The van der Waals surface area contributed by atoms with E-state index in [4.69, 9.17) is 0 Å². The molecule has 0 spiro atoms. The highest BCUT2D eigenvalue weighted by Gasteiger charge is 2.37. The monoisotopic (exact) mass is 260 g/mol. The molecule has 0 amide bonds. The molecule has 1 aromatic rings. The molecule has 1 unspecified atom stereocenters. The molecule has 18 heavy (non-hydrogen) atoms. The van der Waals surface area contributed by atoms with Gasteiger partial charge in [0.1, 0.15) is 0 Å². The lowest BCUT2D eigenvalue weighted by atomic mass is 9.81. The van der Waals surface area contributed by atoms with E-state index in [0.717, 1.165) is 6.07 Å². The molecule has 0 bridgehead atoms. The van der Waals surface area contributed by atoms with Gasteiger partial charge in [0.15, 0.2) is 0 Å². The normalized spacial score (nSPS) is 14.6. The molecule has 1 N–H and O–H groups in total. The summed E-state index contributed by atoms with van der Waals surface area (Å²) in [7, 11) is 0. The minimum Gasteiger partial charge on any atom is -0.310 e. The van der Waals surface area contributed by atoms with Gasteiger partial charge in [-0.15, -0.1) is 0 Å². The van der Waals surface area contributed by atoms with Gasteiger partial charge in [-0.25, -0.2) is 0 Å². The zero-order valence-electron chi connectivity index (χ0n) is 11.1. The second kappa shape index (κ2) is 5.26. The van der Waals surface area contributed by atoms with Crippen LogP contribution in [0.25, 0.3) is 0 Å². The molecule has 0 radical (unpaired) electrons. The van der Waals surface area contributed by atoms with Gasteiger partial charge >= 0.3 is 6.18 Å². The smallest absolute Gasteiger partial charge is 0.310 e. The average Bonchev–Trinajstić information content (AvgIpc) is 2.23. The summed E-state index contributed by atoms with van der Waals surface area (Å²) >= 11 is 0. The number of hydrogen-bond acceptors (Lipinski definition) is 2. The summed E-state index contributed by atoms with van der Waals surface area (Å²) in [4.78, 5) is 3.84. The average molecular weight is 260 g/mol. The van der Waals surface area contributed by atoms with E-state index in [1.165, 1.54) is 12.4 Å². The van der Waals surface area contributed by atoms with E-state index >= 15 is 0 Å². The maximum atomic E-state index is 13.0. The molecule has 2 nitrogen and oxygen atoms in total. The van der Waals surface area contributed by atoms with Crippen molar-refractivity contribution in [3.63, 3.8) is 0 Å². The van der Waals surface area contributed by atoms with E-state index < -0.39 is 11.7 Å². The molecule has 0 saturated heterocycles. The summed E-state index contributed by atoms with van der Waals surface area (Å²) < 4.78 is 38.9. The Morgan fingerprint density at radius 2 is 1.89 bits per heavy atom. The Labute approximate surface area is 106 Å². The number of nitrogens with zero attached hydrogens (tertiary/aromatic N) is 1. The van der Waals surface area contributed by atoms with Gasteiger partial charge in [0.05, 0.1) is 5.56 Å². The summed E-state index contributed by atoms with van der Waals surface area (Å²) in [5.74, 6) is 0. The van der Waals surface area contributed by atoms with Gasteiger partial charge in [0.25, 0.3) is 0 Å². The summed E-state index contributed by atoms with van der Waals surface area (Å²) in [6.07, 6.45) is -1.86. The van der Waals surface area contributed by atoms with Crippen molar-refractivity contribution in [1.29, 1.82) is 0 Å². The van der Waals surface area contributed by atoms with Crippen LogP contribution in [-0.2, 0) is 6.18 Å². The van der Waals surface area contributed by atoms with Crippen molar-refractivity contribution in [1.82, 2.24) is 10.3 Å². The third-order valence-corrected chi connectivity index (χ3v) is 2.74. The minimum atomic E-state index is -4.35. The van der Waals surface area contributed by atoms with Crippen molar-refractivity contribution >= 4 is 0 Å². The maximum Gasteiger partial charge on any atom is 0.416 e. The van der Waals surface area contributed by atoms with E-state index in [-0.39, 0.29) is 17.0 Å². The van der Waals surface area contributed by atoms with Crippen LogP contribution >= 0.6 is 0 Å². The summed E-state index contributed by atoms with van der Waals surface area (Å²) in [5, 5.41) is 3.11. The van der Waals surface area contributed by atoms with Crippen LogP contribution < -0.4 is 5.32 Å². The van der Waals surface area contributed by atoms with Crippen LogP contribution in [0.2, 0.25) is 0 Å². The molecule has 5 heteroatoms. The van der Waals surface area contributed by atoms with Crippen molar-refractivity contribution in [2.24, 2.45) is 5.41 Å². The molecule has 0 aliphatic rings. The Bertz CT molecular complexity index is 394. The number of aromatic nitrogens is 1. The Hall–Kier alpha value is -1.10. The van der Waals surface area contributed by atoms with Crippen molar-refractivity contribution in [2.45, 2.75) is 39.9 Å². The van der Waals surface area contributed by atoms with Crippen LogP contribution in [0.15, 0.2) is 18.5 Å². The Balaban J connectivity index is 3.29. The lowest BCUT2D eigenvalue weighted by Gasteiger charge is -2.33. The van der Waals surface area contributed by atoms with Crippen LogP contribution in [0, 0.1) is 5.41 Å². The van der Waals surface area contributed by atoms with Crippen molar-refractivity contribution in [2.75, 3.05) is 6.54 Å². The Morgan fingerprint density at radius 3 is 2.33 bits per heavy atom. The predicted molar refractivity (Wildman–Crippen MR) is 65.1 cm³/mol. The molecular formula is C13H19F3N2. The maximum absolute atomic E-state index is 13.0.